The van der Waals surface area contributed by atoms with Crippen LogP contribution in [-0.2, 0) is 6.54 Å². The van der Waals surface area contributed by atoms with Crippen molar-refractivity contribution in [1.29, 1.82) is 0 Å². The summed E-state index contributed by atoms with van der Waals surface area (Å²) in [5, 5.41) is 3.99. The Morgan fingerprint density at radius 1 is 1.22 bits per heavy atom. The van der Waals surface area contributed by atoms with Crippen LogP contribution in [0.4, 0.5) is 0 Å². The van der Waals surface area contributed by atoms with Crippen molar-refractivity contribution in [2.75, 3.05) is 20.8 Å². The maximum atomic E-state index is 12.6. The molecule has 27 heavy (non-hydrogen) atoms. The van der Waals surface area contributed by atoms with E-state index in [4.69, 9.17) is 18.4 Å². The lowest BCUT2D eigenvalue weighted by molar-refractivity contribution is 0.0701. The molecule has 2 heterocycles. The van der Waals surface area contributed by atoms with Gasteiger partial charge in [-0.25, -0.2) is 0 Å². The molecule has 0 aliphatic carbocycles. The maximum absolute atomic E-state index is 12.6. The second-order valence-corrected chi connectivity index (χ2v) is 6.35. The highest BCUT2D eigenvalue weighted by atomic mass is 79.9. The number of amides is 1. The summed E-state index contributed by atoms with van der Waals surface area (Å²) in [6, 6.07) is 7.00. The Balaban J connectivity index is 1.79. The molecule has 0 spiro atoms. The number of halogens is 1. The number of carbonyl (C=O) groups excluding carboxylic acids is 1. The number of nitrogens with zero attached hydrogens (tertiary/aromatic N) is 3. The molecule has 9 heteroatoms. The van der Waals surface area contributed by atoms with Gasteiger partial charge in [0.15, 0.2) is 11.5 Å². The van der Waals surface area contributed by atoms with Crippen molar-refractivity contribution < 1.29 is 23.2 Å². The second kappa shape index (κ2) is 8.26. The first-order chi connectivity index (χ1) is 13.1. The van der Waals surface area contributed by atoms with Crippen LogP contribution >= 0.6 is 15.9 Å². The summed E-state index contributed by atoms with van der Waals surface area (Å²) in [5.74, 6) is 1.86. The molecular weight excluding hydrogens is 418 g/mol. The van der Waals surface area contributed by atoms with Gasteiger partial charge in [0, 0.05) is 12.1 Å². The predicted octanol–water partition coefficient (Wildman–Crippen LogP) is 3.77. The predicted molar refractivity (Wildman–Crippen MR) is 99.7 cm³/mol. The first-order valence-electron chi connectivity index (χ1n) is 8.14. The van der Waals surface area contributed by atoms with Crippen molar-refractivity contribution in [3.8, 4) is 22.9 Å². The first-order valence-corrected chi connectivity index (χ1v) is 8.93. The Hall–Kier alpha value is -2.81. The van der Waals surface area contributed by atoms with Gasteiger partial charge in [-0.3, -0.25) is 4.79 Å². The van der Waals surface area contributed by atoms with Gasteiger partial charge in [-0.05, 0) is 47.1 Å². The molecule has 0 bridgehead atoms. The number of benzene rings is 1. The quantitative estimate of drug-likeness (QED) is 0.557. The van der Waals surface area contributed by atoms with Gasteiger partial charge < -0.3 is 23.3 Å². The Morgan fingerprint density at radius 2 is 2.00 bits per heavy atom. The normalized spacial score (nSPS) is 10.7. The Bertz CT molecular complexity index is 937. The highest BCUT2D eigenvalue weighted by Gasteiger charge is 2.22. The Labute approximate surface area is 164 Å². The molecule has 1 aromatic carbocycles. The zero-order valence-electron chi connectivity index (χ0n) is 15.1. The minimum Gasteiger partial charge on any atom is -0.493 e. The molecule has 0 saturated carbocycles. The largest absolute Gasteiger partial charge is 0.493 e. The number of hydrogen-bond donors (Lipinski definition) is 0. The number of hydrogen-bond acceptors (Lipinski definition) is 7. The van der Waals surface area contributed by atoms with E-state index in [2.05, 4.69) is 26.1 Å². The van der Waals surface area contributed by atoms with Gasteiger partial charge in [0.2, 0.25) is 17.5 Å². The van der Waals surface area contributed by atoms with Crippen LogP contribution in [0.2, 0.25) is 0 Å². The lowest BCUT2D eigenvalue weighted by Crippen LogP contribution is -2.30. The van der Waals surface area contributed by atoms with Gasteiger partial charge in [-0.2, -0.15) is 4.98 Å². The summed E-state index contributed by atoms with van der Waals surface area (Å²) in [6.45, 7) is 2.49. The van der Waals surface area contributed by atoms with Gasteiger partial charge in [0.05, 0.1) is 25.0 Å². The fraction of sp³-hybridized carbons (Fsp3) is 0.278. The van der Waals surface area contributed by atoms with Crippen molar-refractivity contribution >= 4 is 21.8 Å². The van der Waals surface area contributed by atoms with E-state index in [0.29, 0.717) is 39.8 Å². The number of carbonyl (C=O) groups is 1. The topological polar surface area (TPSA) is 90.8 Å². The second-order valence-electron chi connectivity index (χ2n) is 5.50. The zero-order chi connectivity index (χ0) is 19.4. The summed E-state index contributed by atoms with van der Waals surface area (Å²) in [7, 11) is 3.12. The highest BCUT2D eigenvalue weighted by Crippen LogP contribution is 2.31. The molecule has 8 nitrogen and oxygen atoms in total. The van der Waals surface area contributed by atoms with Crippen molar-refractivity contribution in [3.05, 3.63) is 46.7 Å². The average molecular weight is 436 g/mol. The zero-order valence-corrected chi connectivity index (χ0v) is 16.6. The summed E-state index contributed by atoms with van der Waals surface area (Å²) in [4.78, 5) is 18.5. The number of ether oxygens (including phenoxy) is 2. The average Bonchev–Trinajstić information content (AvgIpc) is 3.33. The van der Waals surface area contributed by atoms with Crippen LogP contribution in [0.5, 0.6) is 11.5 Å². The van der Waals surface area contributed by atoms with E-state index >= 15 is 0 Å². The van der Waals surface area contributed by atoms with E-state index in [-0.39, 0.29) is 18.2 Å². The van der Waals surface area contributed by atoms with E-state index in [1.807, 2.05) is 6.92 Å². The van der Waals surface area contributed by atoms with Gasteiger partial charge in [-0.15, -0.1) is 0 Å². The van der Waals surface area contributed by atoms with Crippen molar-refractivity contribution in [2.24, 2.45) is 0 Å². The van der Waals surface area contributed by atoms with Gasteiger partial charge in [0.25, 0.3) is 5.91 Å². The molecule has 0 unspecified atom stereocenters. The summed E-state index contributed by atoms with van der Waals surface area (Å²) < 4.78 is 21.7. The molecule has 1 amide bonds. The molecule has 0 radical (unpaired) electrons. The number of methoxy groups -OCH3 is 2. The molecule has 0 aliphatic heterocycles. The third-order valence-electron chi connectivity index (χ3n) is 3.92. The van der Waals surface area contributed by atoms with Crippen LogP contribution in [-0.4, -0.2) is 41.7 Å². The Kier molecular flexibility index (Phi) is 5.80. The molecule has 0 saturated heterocycles. The maximum Gasteiger partial charge on any atom is 0.291 e. The molecular formula is C18H18BrN3O5. The molecule has 0 N–H and O–H groups in total. The number of furan rings is 1. The van der Waals surface area contributed by atoms with E-state index < -0.39 is 0 Å². The van der Waals surface area contributed by atoms with Crippen LogP contribution in [0.3, 0.4) is 0 Å². The van der Waals surface area contributed by atoms with Crippen LogP contribution in [0.15, 0.2) is 43.9 Å². The minimum atomic E-state index is -0.264. The van der Waals surface area contributed by atoms with E-state index in [1.165, 1.54) is 6.26 Å². The molecule has 3 rings (SSSR count). The monoisotopic (exact) mass is 435 g/mol. The summed E-state index contributed by atoms with van der Waals surface area (Å²) in [5.41, 5.74) is 0.714. The van der Waals surface area contributed by atoms with Crippen molar-refractivity contribution in [2.45, 2.75) is 13.5 Å². The molecule has 0 fully saturated rings. The summed E-state index contributed by atoms with van der Waals surface area (Å²) >= 11 is 3.30. The van der Waals surface area contributed by atoms with Crippen LogP contribution < -0.4 is 9.47 Å². The van der Waals surface area contributed by atoms with Crippen LogP contribution in [0.25, 0.3) is 11.4 Å². The standard InChI is InChI=1S/C18H18BrN3O5/c1-4-22(18(23)16-12(19)7-8-26-16)10-15-20-17(21-27-15)11-5-6-13(24-2)14(9-11)25-3/h5-9H,4,10H2,1-3H3. The smallest absolute Gasteiger partial charge is 0.291 e. The molecule has 3 aromatic rings. The molecule has 2 aromatic heterocycles. The van der Waals surface area contributed by atoms with Gasteiger partial charge in [-0.1, -0.05) is 5.16 Å². The molecule has 0 atom stereocenters. The Morgan fingerprint density at radius 3 is 2.63 bits per heavy atom. The van der Waals surface area contributed by atoms with Gasteiger partial charge in [0.1, 0.15) is 6.54 Å². The molecule has 0 aliphatic rings. The van der Waals surface area contributed by atoms with Gasteiger partial charge >= 0.3 is 0 Å². The van der Waals surface area contributed by atoms with E-state index in [0.717, 1.165) is 0 Å². The van der Waals surface area contributed by atoms with E-state index in [9.17, 15) is 4.79 Å². The lowest BCUT2D eigenvalue weighted by Gasteiger charge is -2.17. The van der Waals surface area contributed by atoms with Crippen LogP contribution in [0.1, 0.15) is 23.4 Å². The fourth-order valence-corrected chi connectivity index (χ4v) is 2.86. The number of aromatic nitrogens is 2. The molecule has 142 valence electrons. The number of rotatable bonds is 7. The minimum absolute atomic E-state index is 0.169. The van der Waals surface area contributed by atoms with Crippen LogP contribution in [0, 0.1) is 0 Å². The lowest BCUT2D eigenvalue weighted by atomic mass is 10.2. The van der Waals surface area contributed by atoms with E-state index in [1.54, 1.807) is 43.4 Å². The first kappa shape index (κ1) is 19.0. The van der Waals surface area contributed by atoms with Crippen molar-refractivity contribution in [3.63, 3.8) is 0 Å². The van der Waals surface area contributed by atoms with Crippen molar-refractivity contribution in [1.82, 2.24) is 15.0 Å². The third kappa shape index (κ3) is 3.97. The fourth-order valence-electron chi connectivity index (χ4n) is 2.49. The SMILES string of the molecule is CCN(Cc1nc(-c2ccc(OC)c(OC)c2)no1)C(=O)c1occc1Br. The highest BCUT2D eigenvalue weighted by molar-refractivity contribution is 9.10. The summed E-state index contributed by atoms with van der Waals surface area (Å²) in [6.07, 6.45) is 1.45. The third-order valence-corrected chi connectivity index (χ3v) is 4.54.